The Bertz CT molecular complexity index is 690. The summed E-state index contributed by atoms with van der Waals surface area (Å²) < 4.78 is 0. The summed E-state index contributed by atoms with van der Waals surface area (Å²) in [5.74, 6) is 0. The number of nitrogens with one attached hydrogen (secondary N) is 1. The molecule has 0 saturated carbocycles. The molecule has 0 radical (unpaired) electrons. The first-order chi connectivity index (χ1) is 10.3. The van der Waals surface area contributed by atoms with Crippen molar-refractivity contribution in [1.82, 2.24) is 9.88 Å². The smallest absolute Gasteiger partial charge is 0.128 e. The molecule has 0 unspecified atom stereocenters. The van der Waals surface area contributed by atoms with E-state index in [-0.39, 0.29) is 11.5 Å². The molecule has 4 rings (SSSR count). The van der Waals surface area contributed by atoms with E-state index in [0.717, 1.165) is 38.8 Å². The van der Waals surface area contributed by atoms with Gasteiger partial charge in [0.2, 0.25) is 0 Å². The Morgan fingerprint density at radius 2 is 2.24 bits per heavy atom. The van der Waals surface area contributed by atoms with Gasteiger partial charge >= 0.3 is 0 Å². The lowest BCUT2D eigenvalue weighted by atomic mass is 9.69. The molecule has 1 saturated heterocycles. The maximum absolute atomic E-state index is 12.0. The van der Waals surface area contributed by atoms with Crippen molar-refractivity contribution in [2.75, 3.05) is 13.1 Å². The summed E-state index contributed by atoms with van der Waals surface area (Å²) in [6.07, 6.45) is 5.41. The predicted octanol–water partition coefficient (Wildman–Crippen LogP) is 3.46. The molecule has 2 aliphatic heterocycles. The number of nitrogens with zero attached hydrogens (tertiary/aromatic N) is 1. The van der Waals surface area contributed by atoms with Gasteiger partial charge in [0.1, 0.15) is 6.29 Å². The molecule has 0 amide bonds. The average molecular weight is 282 g/mol. The fraction of sp³-hybridized carbons (Fsp3) is 0.500. The van der Waals surface area contributed by atoms with Gasteiger partial charge in [-0.05, 0) is 43.9 Å². The molecule has 1 N–H and O–H groups in total. The molecule has 1 aromatic heterocycles. The number of hydrogen-bond acceptors (Lipinski definition) is 2. The second-order valence-corrected chi connectivity index (χ2v) is 6.56. The Labute approximate surface area is 125 Å². The second-order valence-electron chi connectivity index (χ2n) is 6.56. The molecule has 0 aliphatic carbocycles. The van der Waals surface area contributed by atoms with Gasteiger partial charge < -0.3 is 9.78 Å². The normalized spacial score (nSPS) is 29.1. The molecule has 110 valence electrons. The van der Waals surface area contributed by atoms with E-state index >= 15 is 0 Å². The Kier molecular flexibility index (Phi) is 2.93. The van der Waals surface area contributed by atoms with Crippen molar-refractivity contribution in [2.24, 2.45) is 5.41 Å². The van der Waals surface area contributed by atoms with Crippen molar-refractivity contribution < 1.29 is 4.79 Å². The zero-order valence-electron chi connectivity index (χ0n) is 12.6. The summed E-state index contributed by atoms with van der Waals surface area (Å²) in [5.41, 5.74) is 3.74. The van der Waals surface area contributed by atoms with Crippen LogP contribution in [0.1, 0.15) is 43.5 Å². The molecule has 0 spiro atoms. The van der Waals surface area contributed by atoms with Crippen LogP contribution < -0.4 is 0 Å². The molecule has 1 fully saturated rings. The van der Waals surface area contributed by atoms with Gasteiger partial charge in [-0.3, -0.25) is 4.90 Å². The topological polar surface area (TPSA) is 36.1 Å². The van der Waals surface area contributed by atoms with Crippen molar-refractivity contribution in [1.29, 1.82) is 0 Å². The third-order valence-corrected chi connectivity index (χ3v) is 5.66. The van der Waals surface area contributed by atoms with E-state index in [4.69, 9.17) is 0 Å². The first-order valence-corrected chi connectivity index (χ1v) is 8.09. The van der Waals surface area contributed by atoms with Crippen LogP contribution in [0, 0.1) is 5.41 Å². The summed E-state index contributed by atoms with van der Waals surface area (Å²) in [6, 6.07) is 8.78. The fourth-order valence-corrected chi connectivity index (χ4v) is 4.51. The molecule has 21 heavy (non-hydrogen) atoms. The van der Waals surface area contributed by atoms with Crippen LogP contribution in [0.5, 0.6) is 0 Å². The van der Waals surface area contributed by atoms with Crippen molar-refractivity contribution in [3.05, 3.63) is 35.5 Å². The molecule has 3 nitrogen and oxygen atoms in total. The van der Waals surface area contributed by atoms with Crippen molar-refractivity contribution >= 4 is 17.2 Å². The molecule has 3 heteroatoms. The molecule has 2 aromatic rings. The Hall–Kier alpha value is -1.61. The predicted molar refractivity (Wildman–Crippen MR) is 84.3 cm³/mol. The highest BCUT2D eigenvalue weighted by Gasteiger charge is 2.47. The van der Waals surface area contributed by atoms with E-state index in [1.165, 1.54) is 28.4 Å². The maximum atomic E-state index is 12.0. The minimum atomic E-state index is -0.214. The summed E-state index contributed by atoms with van der Waals surface area (Å²) in [5, 5.41) is 1.34. The van der Waals surface area contributed by atoms with E-state index in [0.29, 0.717) is 0 Å². The highest BCUT2D eigenvalue weighted by Crippen LogP contribution is 2.50. The van der Waals surface area contributed by atoms with Crippen LogP contribution >= 0.6 is 0 Å². The van der Waals surface area contributed by atoms with Crippen LogP contribution in [-0.4, -0.2) is 29.3 Å². The van der Waals surface area contributed by atoms with Gasteiger partial charge in [0.05, 0.1) is 6.04 Å². The minimum absolute atomic E-state index is 0.214. The number of rotatable bonds is 2. The van der Waals surface area contributed by atoms with Crippen molar-refractivity contribution in [2.45, 2.75) is 38.6 Å². The highest BCUT2D eigenvalue weighted by atomic mass is 16.1. The van der Waals surface area contributed by atoms with E-state index in [1.54, 1.807) is 0 Å². The van der Waals surface area contributed by atoms with Gasteiger partial charge in [0.25, 0.3) is 0 Å². The first-order valence-electron chi connectivity index (χ1n) is 8.09. The Morgan fingerprint density at radius 1 is 1.38 bits per heavy atom. The zero-order chi connectivity index (χ0) is 14.4. The molecular formula is C18H22N2O. The SMILES string of the molecule is CC[C@]1(C=O)CCCN2CCc3c([nH]c4ccccc34)[C@@H]21. The Morgan fingerprint density at radius 3 is 3.05 bits per heavy atom. The Balaban J connectivity index is 1.93. The number of fused-ring (bicyclic) bond motifs is 5. The van der Waals surface area contributed by atoms with Crippen LogP contribution in [0.25, 0.3) is 10.9 Å². The third-order valence-electron chi connectivity index (χ3n) is 5.66. The number of piperidine rings is 1. The monoisotopic (exact) mass is 282 g/mol. The number of aromatic amines is 1. The maximum Gasteiger partial charge on any atom is 0.128 e. The molecular weight excluding hydrogens is 260 g/mol. The molecule has 2 aliphatic rings. The number of carbonyl (C=O) groups excluding carboxylic acids is 1. The van der Waals surface area contributed by atoms with Gasteiger partial charge in [-0.15, -0.1) is 0 Å². The van der Waals surface area contributed by atoms with Gasteiger partial charge in [-0.25, -0.2) is 0 Å². The van der Waals surface area contributed by atoms with Crippen molar-refractivity contribution in [3.63, 3.8) is 0 Å². The molecule has 1 aromatic carbocycles. The standard InChI is InChI=1S/C18H22N2O/c1-2-18(12-21)9-5-10-20-11-8-14-13-6-3-4-7-15(13)19-16(14)17(18)20/h3-4,6-7,12,17,19H,2,5,8-11H2,1H3/t17-,18-/m1/s1. The fourth-order valence-electron chi connectivity index (χ4n) is 4.51. The molecule has 3 heterocycles. The van der Waals surface area contributed by atoms with Crippen LogP contribution in [0.4, 0.5) is 0 Å². The number of hydrogen-bond donors (Lipinski definition) is 1. The summed E-state index contributed by atoms with van der Waals surface area (Å²) in [7, 11) is 0. The van der Waals surface area contributed by atoms with Crippen LogP contribution in [-0.2, 0) is 11.2 Å². The van der Waals surface area contributed by atoms with Gasteiger partial charge in [0, 0.05) is 28.6 Å². The zero-order valence-corrected chi connectivity index (χ0v) is 12.6. The first kappa shape index (κ1) is 13.1. The average Bonchev–Trinajstić information content (AvgIpc) is 2.92. The number of H-pyrrole nitrogens is 1. The number of para-hydroxylation sites is 1. The number of aromatic nitrogens is 1. The molecule has 0 bridgehead atoms. The lowest BCUT2D eigenvalue weighted by molar-refractivity contribution is -0.124. The summed E-state index contributed by atoms with van der Waals surface area (Å²) in [6.45, 7) is 4.36. The largest absolute Gasteiger partial charge is 0.357 e. The van der Waals surface area contributed by atoms with E-state index in [2.05, 4.69) is 41.1 Å². The second kappa shape index (κ2) is 4.70. The van der Waals surface area contributed by atoms with Crippen LogP contribution in [0.2, 0.25) is 0 Å². The van der Waals surface area contributed by atoms with Crippen LogP contribution in [0.15, 0.2) is 24.3 Å². The van der Waals surface area contributed by atoms with Gasteiger partial charge in [-0.2, -0.15) is 0 Å². The number of carbonyl (C=O) groups is 1. The van der Waals surface area contributed by atoms with Gasteiger partial charge in [0.15, 0.2) is 0 Å². The van der Waals surface area contributed by atoms with Gasteiger partial charge in [-0.1, -0.05) is 25.1 Å². The van der Waals surface area contributed by atoms with Crippen LogP contribution in [0.3, 0.4) is 0 Å². The molecule has 2 atom stereocenters. The number of benzene rings is 1. The lowest BCUT2D eigenvalue weighted by Gasteiger charge is -2.49. The van der Waals surface area contributed by atoms with E-state index in [1.807, 2.05) is 0 Å². The quantitative estimate of drug-likeness (QED) is 0.856. The van der Waals surface area contributed by atoms with Crippen molar-refractivity contribution in [3.8, 4) is 0 Å². The third kappa shape index (κ3) is 1.73. The lowest BCUT2D eigenvalue weighted by Crippen LogP contribution is -2.50. The van der Waals surface area contributed by atoms with E-state index in [9.17, 15) is 4.79 Å². The summed E-state index contributed by atoms with van der Waals surface area (Å²) >= 11 is 0. The summed E-state index contributed by atoms with van der Waals surface area (Å²) in [4.78, 5) is 18.1. The highest BCUT2D eigenvalue weighted by molar-refractivity contribution is 5.85. The number of aldehydes is 1. The minimum Gasteiger partial charge on any atom is -0.357 e. The van der Waals surface area contributed by atoms with E-state index < -0.39 is 0 Å².